The van der Waals surface area contributed by atoms with Crippen LogP contribution < -0.4 is 0 Å². The number of thiophene rings is 1. The van der Waals surface area contributed by atoms with Crippen molar-refractivity contribution >= 4 is 40.5 Å². The molecule has 0 unspecified atom stereocenters. The van der Waals surface area contributed by atoms with Crippen molar-refractivity contribution in [1.82, 2.24) is 9.88 Å². The van der Waals surface area contributed by atoms with Crippen LogP contribution in [0.4, 0.5) is 0 Å². The summed E-state index contributed by atoms with van der Waals surface area (Å²) in [7, 11) is 0. The molecular formula is C21H18N2O4S2. The molecule has 3 heterocycles. The van der Waals surface area contributed by atoms with Crippen molar-refractivity contribution in [3.8, 4) is 21.1 Å². The van der Waals surface area contributed by atoms with Crippen LogP contribution in [0, 0.1) is 0 Å². The van der Waals surface area contributed by atoms with E-state index in [1.54, 1.807) is 11.3 Å². The van der Waals surface area contributed by atoms with Crippen LogP contribution >= 0.6 is 22.7 Å². The zero-order valence-corrected chi connectivity index (χ0v) is 17.1. The van der Waals surface area contributed by atoms with Crippen LogP contribution in [0.15, 0.2) is 47.8 Å². The average Bonchev–Trinajstić information content (AvgIpc) is 3.47. The first-order valence-corrected chi connectivity index (χ1v) is 10.9. The molecule has 2 aromatic heterocycles. The van der Waals surface area contributed by atoms with Gasteiger partial charge in [-0.25, -0.2) is 4.98 Å². The SMILES string of the molecule is O=C(Cc1sc(-c2ccccc2)nc1-c1cccs1)OCC(=O)N1CCCC1=O. The van der Waals surface area contributed by atoms with Gasteiger partial charge in [0, 0.05) is 23.4 Å². The smallest absolute Gasteiger partial charge is 0.311 e. The van der Waals surface area contributed by atoms with Crippen molar-refractivity contribution < 1.29 is 19.1 Å². The average molecular weight is 427 g/mol. The molecule has 148 valence electrons. The topological polar surface area (TPSA) is 76.6 Å². The molecule has 6 nitrogen and oxygen atoms in total. The van der Waals surface area contributed by atoms with Gasteiger partial charge in [-0.05, 0) is 17.9 Å². The van der Waals surface area contributed by atoms with Gasteiger partial charge in [-0.3, -0.25) is 19.3 Å². The monoisotopic (exact) mass is 426 g/mol. The van der Waals surface area contributed by atoms with Crippen molar-refractivity contribution in [3.05, 3.63) is 52.7 Å². The number of likely N-dealkylation sites (tertiary alicyclic amines) is 1. The van der Waals surface area contributed by atoms with Gasteiger partial charge >= 0.3 is 5.97 Å². The summed E-state index contributed by atoms with van der Waals surface area (Å²) in [4.78, 5) is 43.8. The Morgan fingerprint density at radius 2 is 1.97 bits per heavy atom. The molecule has 1 saturated heterocycles. The minimum atomic E-state index is -0.508. The first kappa shape index (κ1) is 19.5. The van der Waals surface area contributed by atoms with E-state index in [9.17, 15) is 14.4 Å². The first-order chi connectivity index (χ1) is 14.1. The lowest BCUT2D eigenvalue weighted by Gasteiger charge is -2.13. The maximum Gasteiger partial charge on any atom is 0.311 e. The molecule has 0 bridgehead atoms. The van der Waals surface area contributed by atoms with E-state index < -0.39 is 18.5 Å². The van der Waals surface area contributed by atoms with Crippen molar-refractivity contribution in [2.45, 2.75) is 19.3 Å². The number of carbonyl (C=O) groups excluding carboxylic acids is 3. The maximum atomic E-state index is 12.4. The third kappa shape index (κ3) is 4.44. The Kier molecular flexibility index (Phi) is 5.82. The lowest BCUT2D eigenvalue weighted by Crippen LogP contribution is -2.35. The maximum absolute atomic E-state index is 12.4. The Labute approximate surface area is 175 Å². The highest BCUT2D eigenvalue weighted by Crippen LogP contribution is 2.36. The fourth-order valence-corrected chi connectivity index (χ4v) is 4.97. The molecule has 0 radical (unpaired) electrons. The summed E-state index contributed by atoms with van der Waals surface area (Å²) < 4.78 is 5.16. The van der Waals surface area contributed by atoms with Crippen molar-refractivity contribution in [2.24, 2.45) is 0 Å². The molecular weight excluding hydrogens is 408 g/mol. The summed E-state index contributed by atoms with van der Waals surface area (Å²) in [5.74, 6) is -1.18. The van der Waals surface area contributed by atoms with Gasteiger partial charge in [0.1, 0.15) is 5.01 Å². The van der Waals surface area contributed by atoms with E-state index in [2.05, 4.69) is 0 Å². The molecule has 0 atom stereocenters. The molecule has 29 heavy (non-hydrogen) atoms. The summed E-state index contributed by atoms with van der Waals surface area (Å²) in [6.45, 7) is -0.0176. The summed E-state index contributed by atoms with van der Waals surface area (Å²) in [5.41, 5.74) is 1.75. The van der Waals surface area contributed by atoms with Gasteiger partial charge in [-0.15, -0.1) is 22.7 Å². The number of nitrogens with zero attached hydrogens (tertiary/aromatic N) is 2. The number of ether oxygens (including phenoxy) is 1. The predicted octanol–water partition coefficient (Wildman–Crippen LogP) is 3.77. The number of esters is 1. The largest absolute Gasteiger partial charge is 0.455 e. The number of thiazole rings is 1. The third-order valence-electron chi connectivity index (χ3n) is 4.51. The quantitative estimate of drug-likeness (QED) is 0.561. The number of amides is 2. The molecule has 1 aliphatic heterocycles. The molecule has 0 aliphatic carbocycles. The highest BCUT2D eigenvalue weighted by Gasteiger charge is 2.27. The molecule has 1 aliphatic rings. The highest BCUT2D eigenvalue weighted by molar-refractivity contribution is 7.17. The molecule has 8 heteroatoms. The summed E-state index contributed by atoms with van der Waals surface area (Å²) >= 11 is 3.00. The number of aromatic nitrogens is 1. The third-order valence-corrected chi connectivity index (χ3v) is 6.49. The first-order valence-electron chi connectivity index (χ1n) is 9.19. The lowest BCUT2D eigenvalue weighted by atomic mass is 10.2. The fraction of sp³-hybridized carbons (Fsp3) is 0.238. The summed E-state index contributed by atoms with van der Waals surface area (Å²) in [6.07, 6.45) is 1.05. The van der Waals surface area contributed by atoms with E-state index in [4.69, 9.17) is 9.72 Å². The van der Waals surface area contributed by atoms with Crippen LogP contribution in [-0.2, 0) is 25.5 Å². The number of hydrogen-bond acceptors (Lipinski definition) is 7. The number of hydrogen-bond donors (Lipinski definition) is 0. The number of imide groups is 1. The molecule has 2 amide bonds. The van der Waals surface area contributed by atoms with Gasteiger partial charge in [-0.2, -0.15) is 0 Å². The highest BCUT2D eigenvalue weighted by atomic mass is 32.1. The van der Waals surface area contributed by atoms with Gasteiger partial charge < -0.3 is 4.74 Å². The summed E-state index contributed by atoms with van der Waals surface area (Å²) in [6, 6.07) is 13.7. The molecule has 3 aromatic rings. The molecule has 0 saturated carbocycles. The van der Waals surface area contributed by atoms with Crippen molar-refractivity contribution in [1.29, 1.82) is 0 Å². The van der Waals surface area contributed by atoms with E-state index >= 15 is 0 Å². The Morgan fingerprint density at radius 3 is 2.66 bits per heavy atom. The Balaban J connectivity index is 1.48. The second-order valence-electron chi connectivity index (χ2n) is 6.51. The Morgan fingerprint density at radius 1 is 1.14 bits per heavy atom. The summed E-state index contributed by atoms with van der Waals surface area (Å²) in [5, 5.41) is 2.79. The second kappa shape index (κ2) is 8.67. The van der Waals surface area contributed by atoms with Gasteiger partial charge in [0.05, 0.1) is 17.0 Å². The van der Waals surface area contributed by atoms with Gasteiger partial charge in [-0.1, -0.05) is 36.4 Å². The minimum absolute atomic E-state index is 0.0267. The number of benzene rings is 1. The molecule has 4 rings (SSSR count). The van der Waals surface area contributed by atoms with E-state index in [0.29, 0.717) is 19.4 Å². The minimum Gasteiger partial charge on any atom is -0.455 e. The molecule has 1 fully saturated rings. The fourth-order valence-electron chi connectivity index (χ4n) is 3.10. The van der Waals surface area contributed by atoms with Gasteiger partial charge in [0.2, 0.25) is 5.91 Å². The van der Waals surface area contributed by atoms with Crippen LogP contribution in [0.25, 0.3) is 21.1 Å². The van der Waals surface area contributed by atoms with E-state index in [-0.39, 0.29) is 12.3 Å². The van der Waals surface area contributed by atoms with Crippen molar-refractivity contribution in [2.75, 3.05) is 13.2 Å². The van der Waals surface area contributed by atoms with Gasteiger partial charge in [0.15, 0.2) is 6.61 Å². The second-order valence-corrected chi connectivity index (χ2v) is 8.55. The zero-order chi connectivity index (χ0) is 20.2. The van der Waals surface area contributed by atoms with Gasteiger partial charge in [0.25, 0.3) is 5.91 Å². The van der Waals surface area contributed by atoms with Crippen LogP contribution in [0.3, 0.4) is 0 Å². The van der Waals surface area contributed by atoms with E-state index in [1.165, 1.54) is 11.3 Å². The predicted molar refractivity (Wildman–Crippen MR) is 111 cm³/mol. The Bertz CT molecular complexity index is 1030. The lowest BCUT2D eigenvalue weighted by molar-refractivity contribution is -0.154. The molecule has 1 aromatic carbocycles. The zero-order valence-electron chi connectivity index (χ0n) is 15.5. The van der Waals surface area contributed by atoms with Crippen LogP contribution in [0.2, 0.25) is 0 Å². The number of carbonyl (C=O) groups is 3. The van der Waals surface area contributed by atoms with Crippen LogP contribution in [0.5, 0.6) is 0 Å². The Hall–Kier alpha value is -2.84. The normalized spacial score (nSPS) is 13.7. The standard InChI is InChI=1S/C21H18N2O4S2/c24-17-9-4-10-23(17)18(25)13-27-19(26)12-16-20(15-8-5-11-28-15)22-21(29-16)14-6-2-1-3-7-14/h1-3,5-8,11H,4,9-10,12-13H2. The van der Waals surface area contributed by atoms with Crippen LogP contribution in [0.1, 0.15) is 17.7 Å². The molecule has 0 N–H and O–H groups in total. The van der Waals surface area contributed by atoms with E-state index in [1.807, 2.05) is 47.8 Å². The van der Waals surface area contributed by atoms with Crippen LogP contribution in [-0.4, -0.2) is 40.8 Å². The van der Waals surface area contributed by atoms with Crippen molar-refractivity contribution in [3.63, 3.8) is 0 Å². The number of rotatable bonds is 6. The van der Waals surface area contributed by atoms with E-state index in [0.717, 1.165) is 30.9 Å². The molecule has 0 spiro atoms.